The second kappa shape index (κ2) is 10.8. The molecule has 0 spiro atoms. The van der Waals surface area contributed by atoms with Gasteiger partial charge in [-0.25, -0.2) is 0 Å². The van der Waals surface area contributed by atoms with Crippen LogP contribution in [0.3, 0.4) is 0 Å². The first kappa shape index (κ1) is 21.8. The Morgan fingerprint density at radius 1 is 1.10 bits per heavy atom. The summed E-state index contributed by atoms with van der Waals surface area (Å²) in [7, 11) is 0. The molecule has 0 aliphatic carbocycles. The Bertz CT molecular complexity index is 823. The van der Waals surface area contributed by atoms with Crippen LogP contribution in [-0.2, 0) is 22.7 Å². The highest BCUT2D eigenvalue weighted by Gasteiger charge is 2.29. The van der Waals surface area contributed by atoms with Crippen molar-refractivity contribution in [3.05, 3.63) is 65.7 Å². The molecule has 1 aliphatic heterocycles. The van der Waals surface area contributed by atoms with Crippen molar-refractivity contribution in [3.63, 3.8) is 0 Å². The molecule has 30 heavy (non-hydrogen) atoms. The third-order valence-corrected chi connectivity index (χ3v) is 5.70. The number of benzene rings is 2. The molecule has 3 rings (SSSR count). The average Bonchev–Trinajstić information content (AvgIpc) is 2.77. The van der Waals surface area contributed by atoms with Gasteiger partial charge in [0.2, 0.25) is 5.91 Å². The summed E-state index contributed by atoms with van der Waals surface area (Å²) in [6, 6.07) is 18.0. The van der Waals surface area contributed by atoms with E-state index in [-0.39, 0.29) is 17.7 Å². The lowest BCUT2D eigenvalue weighted by Gasteiger charge is -2.30. The highest BCUT2D eigenvalue weighted by Crippen LogP contribution is 2.15. The highest BCUT2D eigenvalue weighted by atomic mass is 16.5. The van der Waals surface area contributed by atoms with Crippen LogP contribution in [0.1, 0.15) is 30.9 Å². The number of hydrogen-bond donors (Lipinski definition) is 2. The Hall–Kier alpha value is -2.86. The van der Waals surface area contributed by atoms with Gasteiger partial charge in [-0.3, -0.25) is 9.59 Å². The molecule has 160 valence electrons. The van der Waals surface area contributed by atoms with Gasteiger partial charge in [0.15, 0.2) is 6.54 Å². The smallest absolute Gasteiger partial charge is 0.278 e. The molecule has 2 atom stereocenters. The quantitative estimate of drug-likeness (QED) is 0.656. The maximum Gasteiger partial charge on any atom is 0.278 e. The molecule has 6 heteroatoms. The number of quaternary nitrogens is 1. The van der Waals surface area contributed by atoms with Crippen LogP contribution in [-0.4, -0.2) is 42.9 Å². The molecule has 1 saturated heterocycles. The normalized spacial score (nSPS) is 18.6. The van der Waals surface area contributed by atoms with E-state index in [4.69, 9.17) is 10.5 Å². The lowest BCUT2D eigenvalue weighted by Crippen LogP contribution is -3.14. The number of nitrogens with zero attached hydrogens (tertiary/aromatic N) is 1. The molecule has 0 saturated carbocycles. The Labute approximate surface area is 178 Å². The summed E-state index contributed by atoms with van der Waals surface area (Å²) in [5, 5.41) is 0. The van der Waals surface area contributed by atoms with Crippen LogP contribution in [0.4, 0.5) is 0 Å². The van der Waals surface area contributed by atoms with E-state index >= 15 is 0 Å². The third-order valence-electron chi connectivity index (χ3n) is 5.70. The summed E-state index contributed by atoms with van der Waals surface area (Å²) in [4.78, 5) is 27.3. The summed E-state index contributed by atoms with van der Waals surface area (Å²) in [5.41, 5.74) is 7.66. The predicted octanol–water partition coefficient (Wildman–Crippen LogP) is 1.39. The van der Waals surface area contributed by atoms with Crippen molar-refractivity contribution >= 4 is 11.8 Å². The maximum atomic E-state index is 12.8. The number of primary amides is 1. The van der Waals surface area contributed by atoms with Crippen molar-refractivity contribution in [1.82, 2.24) is 4.90 Å². The molecule has 0 radical (unpaired) electrons. The third kappa shape index (κ3) is 6.32. The fraction of sp³-hybridized carbons (Fsp3) is 0.417. The topological polar surface area (TPSA) is 77.1 Å². The lowest BCUT2D eigenvalue weighted by molar-refractivity contribution is -0.899. The monoisotopic (exact) mass is 410 g/mol. The first-order chi connectivity index (χ1) is 14.5. The SMILES string of the molecule is CCN(Cc1ccc(OCc2ccccc2)cc1)C(=O)C[NH+]1CCC[C@H](C(N)=O)C1. The van der Waals surface area contributed by atoms with Crippen LogP contribution in [0.2, 0.25) is 0 Å². The first-order valence-electron chi connectivity index (χ1n) is 10.7. The second-order valence-corrected chi connectivity index (χ2v) is 7.95. The summed E-state index contributed by atoms with van der Waals surface area (Å²) in [6.45, 7) is 5.73. The second-order valence-electron chi connectivity index (χ2n) is 7.95. The van der Waals surface area contributed by atoms with Crippen molar-refractivity contribution < 1.29 is 19.2 Å². The van der Waals surface area contributed by atoms with E-state index in [9.17, 15) is 9.59 Å². The van der Waals surface area contributed by atoms with Crippen LogP contribution < -0.4 is 15.4 Å². The summed E-state index contributed by atoms with van der Waals surface area (Å²) < 4.78 is 5.83. The number of piperidine rings is 1. The molecule has 1 fully saturated rings. The number of likely N-dealkylation sites (tertiary alicyclic amines) is 1. The standard InChI is InChI=1S/C24H31N3O3/c1-2-27(23(28)17-26-14-6-9-21(16-26)24(25)29)15-19-10-12-22(13-11-19)30-18-20-7-4-3-5-8-20/h3-5,7-8,10-13,21H,2,6,9,14-18H2,1H3,(H2,25,29)/p+1/t21-/m0/s1. The molecule has 0 bridgehead atoms. The van der Waals surface area contributed by atoms with E-state index in [0.29, 0.717) is 32.8 Å². The van der Waals surface area contributed by atoms with E-state index in [1.807, 2.05) is 66.4 Å². The lowest BCUT2D eigenvalue weighted by atomic mass is 9.97. The Balaban J connectivity index is 1.50. The number of nitrogens with one attached hydrogen (secondary N) is 1. The minimum absolute atomic E-state index is 0.111. The summed E-state index contributed by atoms with van der Waals surface area (Å²) in [5.74, 6) is 0.566. The van der Waals surface area contributed by atoms with Crippen LogP contribution in [0, 0.1) is 5.92 Å². The fourth-order valence-electron chi connectivity index (χ4n) is 3.91. The van der Waals surface area contributed by atoms with Crippen molar-refractivity contribution in [2.24, 2.45) is 11.7 Å². The highest BCUT2D eigenvalue weighted by molar-refractivity contribution is 5.78. The van der Waals surface area contributed by atoms with Crippen LogP contribution in [0.5, 0.6) is 5.75 Å². The van der Waals surface area contributed by atoms with Gasteiger partial charge in [0, 0.05) is 13.1 Å². The summed E-state index contributed by atoms with van der Waals surface area (Å²) >= 11 is 0. The van der Waals surface area contributed by atoms with Gasteiger partial charge in [0.25, 0.3) is 5.91 Å². The fourth-order valence-corrected chi connectivity index (χ4v) is 3.91. The van der Waals surface area contributed by atoms with E-state index in [2.05, 4.69) is 0 Å². The van der Waals surface area contributed by atoms with E-state index in [0.717, 1.165) is 41.2 Å². The predicted molar refractivity (Wildman–Crippen MR) is 116 cm³/mol. The number of rotatable bonds is 9. The van der Waals surface area contributed by atoms with Gasteiger partial charge in [-0.2, -0.15) is 0 Å². The molecule has 1 unspecified atom stereocenters. The molecular weight excluding hydrogens is 378 g/mol. The summed E-state index contributed by atoms with van der Waals surface area (Å²) in [6.07, 6.45) is 1.77. The van der Waals surface area contributed by atoms with Gasteiger partial charge in [-0.15, -0.1) is 0 Å². The van der Waals surface area contributed by atoms with Gasteiger partial charge in [-0.05, 0) is 43.0 Å². The molecule has 6 nitrogen and oxygen atoms in total. The van der Waals surface area contributed by atoms with E-state index < -0.39 is 0 Å². The largest absolute Gasteiger partial charge is 0.489 e. The van der Waals surface area contributed by atoms with Gasteiger partial charge >= 0.3 is 0 Å². The molecule has 0 aromatic heterocycles. The number of amides is 2. The van der Waals surface area contributed by atoms with Gasteiger partial charge in [0.1, 0.15) is 12.4 Å². The molecule has 3 N–H and O–H groups in total. The zero-order chi connectivity index (χ0) is 21.3. The molecule has 2 amide bonds. The molecule has 1 aliphatic rings. The Kier molecular flexibility index (Phi) is 7.85. The van der Waals surface area contributed by atoms with Crippen LogP contribution in [0.25, 0.3) is 0 Å². The van der Waals surface area contributed by atoms with Crippen molar-refractivity contribution in [1.29, 1.82) is 0 Å². The number of ether oxygens (including phenoxy) is 1. The zero-order valence-corrected chi connectivity index (χ0v) is 17.7. The van der Waals surface area contributed by atoms with E-state index in [1.54, 1.807) is 0 Å². The van der Waals surface area contributed by atoms with Crippen molar-refractivity contribution in [3.8, 4) is 5.75 Å². The van der Waals surface area contributed by atoms with Gasteiger partial charge in [-0.1, -0.05) is 42.5 Å². The first-order valence-corrected chi connectivity index (χ1v) is 10.7. The van der Waals surface area contributed by atoms with Crippen molar-refractivity contribution in [2.75, 3.05) is 26.2 Å². The van der Waals surface area contributed by atoms with Crippen LogP contribution >= 0.6 is 0 Å². The number of hydrogen-bond acceptors (Lipinski definition) is 3. The zero-order valence-electron chi connectivity index (χ0n) is 17.7. The molecule has 2 aromatic rings. The minimum atomic E-state index is -0.249. The van der Waals surface area contributed by atoms with E-state index in [1.165, 1.54) is 0 Å². The minimum Gasteiger partial charge on any atom is -0.489 e. The number of carbonyl (C=O) groups excluding carboxylic acids is 2. The maximum absolute atomic E-state index is 12.8. The Morgan fingerprint density at radius 3 is 2.50 bits per heavy atom. The average molecular weight is 411 g/mol. The van der Waals surface area contributed by atoms with Crippen molar-refractivity contribution in [2.45, 2.75) is 32.9 Å². The number of nitrogens with two attached hydrogens (primary N) is 1. The number of likely N-dealkylation sites (N-methyl/N-ethyl adjacent to an activating group) is 1. The number of carbonyl (C=O) groups is 2. The molecular formula is C24H32N3O3+. The Morgan fingerprint density at radius 2 is 1.83 bits per heavy atom. The van der Waals surface area contributed by atoms with Crippen LogP contribution in [0.15, 0.2) is 54.6 Å². The van der Waals surface area contributed by atoms with Gasteiger partial charge in [0.05, 0.1) is 19.0 Å². The molecule has 2 aromatic carbocycles. The van der Waals surface area contributed by atoms with Gasteiger partial charge < -0.3 is 20.3 Å². The molecule has 1 heterocycles.